The molecule has 0 aliphatic heterocycles. The van der Waals surface area contributed by atoms with Gasteiger partial charge >= 0.3 is 6.03 Å². The Bertz CT molecular complexity index is 715. The van der Waals surface area contributed by atoms with Crippen LogP contribution in [0.3, 0.4) is 0 Å². The van der Waals surface area contributed by atoms with Gasteiger partial charge in [-0.3, -0.25) is 4.79 Å². The first kappa shape index (κ1) is 17.5. The maximum Gasteiger partial charge on any atom is 0.321 e. The van der Waals surface area contributed by atoms with Crippen LogP contribution < -0.4 is 10.6 Å². The SMILES string of the molecule is CNC(=O)[C@H](C)CN(C)C(=O)Nc1ccc(F)c(-n2cccc2)c1. The van der Waals surface area contributed by atoms with Crippen molar-refractivity contribution in [3.63, 3.8) is 0 Å². The van der Waals surface area contributed by atoms with Gasteiger partial charge in [0.2, 0.25) is 5.91 Å². The molecular weight excluding hydrogens is 311 g/mol. The van der Waals surface area contributed by atoms with E-state index in [0.29, 0.717) is 11.4 Å². The Morgan fingerprint density at radius 1 is 1.29 bits per heavy atom. The van der Waals surface area contributed by atoms with Crippen LogP contribution in [0.4, 0.5) is 14.9 Å². The van der Waals surface area contributed by atoms with Gasteiger partial charge in [0.15, 0.2) is 0 Å². The average molecular weight is 332 g/mol. The molecular formula is C17H21FN4O2. The van der Waals surface area contributed by atoms with Gasteiger partial charge in [0.05, 0.1) is 11.6 Å². The number of anilines is 1. The fourth-order valence-corrected chi connectivity index (χ4v) is 2.33. The Morgan fingerprint density at radius 3 is 2.58 bits per heavy atom. The van der Waals surface area contributed by atoms with Crippen LogP contribution in [0.1, 0.15) is 6.92 Å². The lowest BCUT2D eigenvalue weighted by Gasteiger charge is -2.21. The summed E-state index contributed by atoms with van der Waals surface area (Å²) in [4.78, 5) is 25.2. The number of nitrogens with zero attached hydrogens (tertiary/aromatic N) is 2. The van der Waals surface area contributed by atoms with Crippen LogP contribution >= 0.6 is 0 Å². The zero-order valence-corrected chi connectivity index (χ0v) is 13.9. The predicted molar refractivity (Wildman–Crippen MR) is 90.6 cm³/mol. The smallest absolute Gasteiger partial charge is 0.321 e. The van der Waals surface area contributed by atoms with E-state index in [9.17, 15) is 14.0 Å². The second-order valence-electron chi connectivity index (χ2n) is 5.58. The summed E-state index contributed by atoms with van der Waals surface area (Å²) in [6.45, 7) is 2.02. The molecule has 0 saturated heterocycles. The molecule has 0 fully saturated rings. The first-order valence-corrected chi connectivity index (χ1v) is 7.59. The largest absolute Gasteiger partial charge is 0.359 e. The van der Waals surface area contributed by atoms with Crippen LogP contribution in [-0.4, -0.2) is 42.0 Å². The topological polar surface area (TPSA) is 66.4 Å². The van der Waals surface area contributed by atoms with Crippen LogP contribution in [0.5, 0.6) is 0 Å². The highest BCUT2D eigenvalue weighted by molar-refractivity contribution is 5.90. The van der Waals surface area contributed by atoms with E-state index in [1.807, 2.05) is 0 Å². The van der Waals surface area contributed by atoms with Crippen molar-refractivity contribution < 1.29 is 14.0 Å². The number of benzene rings is 1. The molecule has 3 amide bonds. The Hall–Kier alpha value is -2.83. The van der Waals surface area contributed by atoms with Gasteiger partial charge in [0.25, 0.3) is 0 Å². The van der Waals surface area contributed by atoms with E-state index < -0.39 is 0 Å². The summed E-state index contributed by atoms with van der Waals surface area (Å²) < 4.78 is 15.6. The molecule has 1 aromatic carbocycles. The molecule has 0 saturated carbocycles. The molecule has 0 aliphatic carbocycles. The van der Waals surface area contributed by atoms with Crippen LogP contribution in [0.25, 0.3) is 5.69 Å². The number of rotatable bonds is 5. The molecule has 2 aromatic rings. The van der Waals surface area contributed by atoms with Gasteiger partial charge in [-0.1, -0.05) is 6.92 Å². The third-order valence-electron chi connectivity index (χ3n) is 3.67. The summed E-state index contributed by atoms with van der Waals surface area (Å²) in [6.07, 6.45) is 3.45. The molecule has 0 unspecified atom stereocenters. The lowest BCUT2D eigenvalue weighted by molar-refractivity contribution is -0.124. The number of carbonyl (C=O) groups excluding carboxylic acids is 2. The normalized spacial score (nSPS) is 11.7. The molecule has 24 heavy (non-hydrogen) atoms. The number of carbonyl (C=O) groups is 2. The maximum absolute atomic E-state index is 13.9. The van der Waals surface area contributed by atoms with Crippen molar-refractivity contribution in [3.05, 3.63) is 48.5 Å². The van der Waals surface area contributed by atoms with Gasteiger partial charge in [0.1, 0.15) is 5.82 Å². The minimum atomic E-state index is -0.384. The Kier molecular flexibility index (Phi) is 5.57. The monoisotopic (exact) mass is 332 g/mol. The summed E-state index contributed by atoms with van der Waals surface area (Å²) in [5.74, 6) is -0.841. The molecule has 2 N–H and O–H groups in total. The van der Waals surface area contributed by atoms with Crippen molar-refractivity contribution >= 4 is 17.6 Å². The van der Waals surface area contributed by atoms with E-state index in [2.05, 4.69) is 10.6 Å². The maximum atomic E-state index is 13.9. The van der Waals surface area contributed by atoms with E-state index >= 15 is 0 Å². The number of hydrogen-bond donors (Lipinski definition) is 2. The molecule has 7 heteroatoms. The van der Waals surface area contributed by atoms with Gasteiger partial charge < -0.3 is 20.1 Å². The predicted octanol–water partition coefficient (Wildman–Crippen LogP) is 2.46. The molecule has 0 spiro atoms. The molecule has 6 nitrogen and oxygen atoms in total. The van der Waals surface area contributed by atoms with E-state index in [1.54, 1.807) is 56.2 Å². The summed E-state index contributed by atoms with van der Waals surface area (Å²) in [5, 5.41) is 5.26. The number of urea groups is 1. The fourth-order valence-electron chi connectivity index (χ4n) is 2.33. The third kappa shape index (κ3) is 4.13. The molecule has 0 aliphatic rings. The molecule has 0 radical (unpaired) electrons. The summed E-state index contributed by atoms with van der Waals surface area (Å²) >= 11 is 0. The summed E-state index contributed by atoms with van der Waals surface area (Å²) in [6, 6.07) is 7.57. The van der Waals surface area contributed by atoms with E-state index in [0.717, 1.165) is 0 Å². The van der Waals surface area contributed by atoms with Crippen molar-refractivity contribution in [2.24, 2.45) is 5.92 Å². The van der Waals surface area contributed by atoms with Crippen molar-refractivity contribution in [3.8, 4) is 5.69 Å². The van der Waals surface area contributed by atoms with E-state index in [1.165, 1.54) is 17.0 Å². The number of nitrogens with one attached hydrogen (secondary N) is 2. The van der Waals surface area contributed by atoms with Crippen LogP contribution in [0.15, 0.2) is 42.7 Å². The van der Waals surface area contributed by atoms with Gasteiger partial charge in [-0.15, -0.1) is 0 Å². The van der Waals surface area contributed by atoms with Crippen molar-refractivity contribution in [1.29, 1.82) is 0 Å². The molecule has 1 atom stereocenters. The first-order chi connectivity index (χ1) is 11.4. The second-order valence-corrected chi connectivity index (χ2v) is 5.58. The van der Waals surface area contributed by atoms with Gasteiger partial charge in [0, 0.05) is 38.7 Å². The lowest BCUT2D eigenvalue weighted by atomic mass is 10.1. The molecule has 2 rings (SSSR count). The quantitative estimate of drug-likeness (QED) is 0.883. The first-order valence-electron chi connectivity index (χ1n) is 7.59. The van der Waals surface area contributed by atoms with Gasteiger partial charge in [-0.2, -0.15) is 0 Å². The van der Waals surface area contributed by atoms with E-state index in [-0.39, 0.29) is 30.2 Å². The molecule has 0 bridgehead atoms. The highest BCUT2D eigenvalue weighted by Crippen LogP contribution is 2.19. The van der Waals surface area contributed by atoms with Crippen molar-refractivity contribution in [2.75, 3.05) is 26.0 Å². The zero-order valence-electron chi connectivity index (χ0n) is 13.9. The molecule has 128 valence electrons. The number of aromatic nitrogens is 1. The summed E-state index contributed by atoms with van der Waals surface area (Å²) in [7, 11) is 3.16. The second kappa shape index (κ2) is 7.63. The van der Waals surface area contributed by atoms with Crippen molar-refractivity contribution in [2.45, 2.75) is 6.92 Å². The Morgan fingerprint density at radius 2 is 1.96 bits per heavy atom. The Balaban J connectivity index is 2.06. The molecule has 1 heterocycles. The Labute approximate surface area is 140 Å². The number of hydrogen-bond acceptors (Lipinski definition) is 2. The fraction of sp³-hybridized carbons (Fsp3) is 0.294. The zero-order chi connectivity index (χ0) is 17.7. The number of amides is 3. The minimum Gasteiger partial charge on any atom is -0.359 e. The van der Waals surface area contributed by atoms with Gasteiger partial charge in [-0.05, 0) is 30.3 Å². The lowest BCUT2D eigenvalue weighted by Crippen LogP contribution is -2.39. The minimum absolute atomic E-state index is 0.133. The highest BCUT2D eigenvalue weighted by Gasteiger charge is 2.17. The van der Waals surface area contributed by atoms with Crippen LogP contribution in [0, 0.1) is 11.7 Å². The summed E-state index contributed by atoms with van der Waals surface area (Å²) in [5.41, 5.74) is 0.823. The van der Waals surface area contributed by atoms with Crippen LogP contribution in [0.2, 0.25) is 0 Å². The third-order valence-corrected chi connectivity index (χ3v) is 3.67. The van der Waals surface area contributed by atoms with Gasteiger partial charge in [-0.25, -0.2) is 9.18 Å². The van der Waals surface area contributed by atoms with E-state index in [4.69, 9.17) is 0 Å². The standard InChI is InChI=1S/C17H21FN4O2/c1-12(16(23)19-2)11-21(3)17(24)20-13-6-7-14(18)15(10-13)22-8-4-5-9-22/h4-10,12H,11H2,1-3H3,(H,19,23)(H,20,24)/t12-/m1/s1. The van der Waals surface area contributed by atoms with Crippen LogP contribution in [-0.2, 0) is 4.79 Å². The van der Waals surface area contributed by atoms with Crippen molar-refractivity contribution in [1.82, 2.24) is 14.8 Å². The highest BCUT2D eigenvalue weighted by atomic mass is 19.1. The number of halogens is 1. The molecule has 1 aromatic heterocycles. The average Bonchev–Trinajstić information content (AvgIpc) is 3.09.